The van der Waals surface area contributed by atoms with Gasteiger partial charge in [0.05, 0.1) is 0 Å². The molecule has 0 radical (unpaired) electrons. The Morgan fingerprint density at radius 3 is 1.52 bits per heavy atom. The summed E-state index contributed by atoms with van der Waals surface area (Å²) < 4.78 is 5.28. The quantitative estimate of drug-likeness (QED) is 0.546. The van der Waals surface area contributed by atoms with Crippen LogP contribution in [0.3, 0.4) is 0 Å². The maximum atomic E-state index is 11.6. The smallest absolute Gasteiger partial charge is 0.481 e. The Labute approximate surface area is 151 Å². The zero-order chi connectivity index (χ0) is 16.3. The van der Waals surface area contributed by atoms with E-state index in [1.807, 2.05) is 0 Å². The highest BCUT2D eigenvalue weighted by Gasteiger charge is 2.40. The Hall–Kier alpha value is 0.117. The molecule has 0 aliphatic heterocycles. The molecule has 0 unspecified atom stereocenters. The molecule has 0 heterocycles. The Morgan fingerprint density at radius 2 is 1.19 bits per heavy atom. The maximum Gasteiger partial charge on any atom is 0.483 e. The van der Waals surface area contributed by atoms with Gasteiger partial charge in [-0.15, -0.1) is 0 Å². The summed E-state index contributed by atoms with van der Waals surface area (Å²) in [6.07, 6.45) is 0. The van der Waals surface area contributed by atoms with Crippen molar-refractivity contribution in [3.05, 3.63) is 30.3 Å². The molecule has 0 saturated carbocycles. The van der Waals surface area contributed by atoms with Crippen LogP contribution in [-0.4, -0.2) is 28.8 Å². The number of rotatable bonds is 3. The minimum atomic E-state index is -3.11. The van der Waals surface area contributed by atoms with Crippen LogP contribution in [0, 0.1) is 0 Å². The molecule has 0 aliphatic rings. The normalized spacial score (nSPS) is 12.1. The van der Waals surface area contributed by atoms with Crippen LogP contribution in [0.25, 0.3) is 0 Å². The van der Waals surface area contributed by atoms with Gasteiger partial charge in [0.1, 0.15) is 0 Å². The van der Waals surface area contributed by atoms with Crippen LogP contribution in [0.4, 0.5) is 0 Å². The van der Waals surface area contributed by atoms with Crippen LogP contribution in [0.1, 0.15) is 0 Å². The Morgan fingerprint density at radius 1 is 0.810 bits per heavy atom. The van der Waals surface area contributed by atoms with E-state index in [0.717, 1.165) is 0 Å². The summed E-state index contributed by atoms with van der Waals surface area (Å²) in [4.78, 5) is 23.2. The topological polar surface area (TPSA) is 52.6 Å². The highest BCUT2D eigenvalue weighted by molar-refractivity contribution is 6.79. The third-order valence-corrected chi connectivity index (χ3v) is 4.67. The molecule has 0 spiro atoms. The van der Waals surface area contributed by atoms with E-state index < -0.39 is 28.8 Å². The molecule has 0 aliphatic carbocycles. The zero-order valence-corrected chi connectivity index (χ0v) is 15.6. The molecular weight excluding hydrogens is 425 g/mol. The van der Waals surface area contributed by atoms with Crippen molar-refractivity contribution in [1.29, 1.82) is 0 Å². The van der Waals surface area contributed by atoms with Gasteiger partial charge in [0, 0.05) is 5.19 Å². The van der Waals surface area contributed by atoms with E-state index in [2.05, 4.69) is 0 Å². The van der Waals surface area contributed by atoms with Crippen molar-refractivity contribution in [2.45, 2.75) is 7.59 Å². The number of carbonyl (C=O) groups excluding carboxylic acids is 2. The molecule has 4 nitrogen and oxygen atoms in total. The minimum Gasteiger partial charge on any atom is -0.481 e. The number of hydrogen-bond donors (Lipinski definition) is 0. The van der Waals surface area contributed by atoms with E-state index in [1.165, 1.54) is 0 Å². The molecule has 0 amide bonds. The first-order valence-corrected chi connectivity index (χ1v) is 8.91. The largest absolute Gasteiger partial charge is 0.483 e. The molecule has 1 aromatic carbocycles. The Bertz CT molecular complexity index is 485. The Balaban J connectivity index is 2.97. The van der Waals surface area contributed by atoms with E-state index in [1.54, 1.807) is 30.3 Å². The van der Waals surface area contributed by atoms with Crippen molar-refractivity contribution in [2.75, 3.05) is 0 Å². The lowest BCUT2D eigenvalue weighted by Crippen LogP contribution is -2.45. The first-order valence-electron chi connectivity index (χ1n) is 5.12. The van der Waals surface area contributed by atoms with E-state index in [9.17, 15) is 9.59 Å². The average Bonchev–Trinajstić information content (AvgIpc) is 2.36. The summed E-state index contributed by atoms with van der Waals surface area (Å²) in [5.74, 6) is -2.38. The lowest BCUT2D eigenvalue weighted by Gasteiger charge is -2.21. The van der Waals surface area contributed by atoms with Crippen molar-refractivity contribution in [3.8, 4) is 0 Å². The third-order valence-electron chi connectivity index (χ3n) is 1.96. The minimum absolute atomic E-state index is 0.419. The van der Waals surface area contributed by atoms with Gasteiger partial charge < -0.3 is 8.85 Å². The van der Waals surface area contributed by atoms with Crippen molar-refractivity contribution < 1.29 is 18.4 Å². The summed E-state index contributed by atoms with van der Waals surface area (Å²) in [5, 5.41) is 0.419. The van der Waals surface area contributed by atoms with Gasteiger partial charge >= 0.3 is 21.2 Å². The first kappa shape index (κ1) is 19.2. The monoisotopic (exact) mass is 428 g/mol. The molecule has 21 heavy (non-hydrogen) atoms. The molecule has 11 heteroatoms. The molecule has 0 fully saturated rings. The van der Waals surface area contributed by atoms with Gasteiger partial charge in [-0.2, -0.15) is 0 Å². The fourth-order valence-corrected chi connectivity index (χ4v) is 3.41. The predicted molar refractivity (Wildman–Crippen MR) is 86.0 cm³/mol. The van der Waals surface area contributed by atoms with E-state index in [-0.39, 0.29) is 0 Å². The summed E-state index contributed by atoms with van der Waals surface area (Å²) in [6, 6.07) is 8.12. The highest BCUT2D eigenvalue weighted by Crippen LogP contribution is 2.29. The van der Waals surface area contributed by atoms with E-state index in [0.29, 0.717) is 5.19 Å². The van der Waals surface area contributed by atoms with E-state index in [4.69, 9.17) is 78.5 Å². The average molecular weight is 431 g/mol. The Kier molecular flexibility index (Phi) is 6.93. The zero-order valence-electron chi connectivity index (χ0n) is 9.86. The van der Waals surface area contributed by atoms with Crippen molar-refractivity contribution in [1.82, 2.24) is 0 Å². The fraction of sp³-hybridized carbons (Fsp3) is 0.200. The van der Waals surface area contributed by atoms with Gasteiger partial charge in [0.25, 0.3) is 7.59 Å². The SMILES string of the molecule is O=C(O[SiH](OC(=O)C(Cl)(Cl)Cl)c1ccccc1)C(Cl)(Cl)Cl. The molecule has 0 bridgehead atoms. The van der Waals surface area contributed by atoms with Crippen LogP contribution in [0.15, 0.2) is 30.3 Å². The van der Waals surface area contributed by atoms with Gasteiger partial charge in [-0.1, -0.05) is 99.9 Å². The number of benzene rings is 1. The summed E-state index contributed by atoms with van der Waals surface area (Å²) in [7, 11) is -3.11. The van der Waals surface area contributed by atoms with Crippen LogP contribution >= 0.6 is 69.6 Å². The number of hydrogen-bond acceptors (Lipinski definition) is 4. The third kappa shape index (κ3) is 6.40. The van der Waals surface area contributed by atoms with Gasteiger partial charge in [0.15, 0.2) is 0 Å². The molecule has 0 saturated heterocycles. The summed E-state index contributed by atoms with van der Waals surface area (Å²) in [5.41, 5.74) is 0. The lowest BCUT2D eigenvalue weighted by molar-refractivity contribution is -0.138. The molecule has 1 aromatic rings. The second kappa shape index (κ2) is 7.59. The molecule has 0 N–H and O–H groups in total. The van der Waals surface area contributed by atoms with Crippen molar-refractivity contribution >= 4 is 96.0 Å². The summed E-state index contributed by atoms with van der Waals surface area (Å²) in [6.45, 7) is 0. The van der Waals surface area contributed by atoms with Crippen molar-refractivity contribution in [3.63, 3.8) is 0 Å². The lowest BCUT2D eigenvalue weighted by atomic mass is 10.4. The van der Waals surface area contributed by atoms with Crippen molar-refractivity contribution in [2.24, 2.45) is 0 Å². The molecule has 1 rings (SSSR count). The molecular formula is C10H6Cl6O4Si. The van der Waals surface area contributed by atoms with Gasteiger partial charge in [-0.05, 0) is 0 Å². The number of carbonyl (C=O) groups is 2. The van der Waals surface area contributed by atoms with Crippen LogP contribution in [0.2, 0.25) is 0 Å². The van der Waals surface area contributed by atoms with Crippen LogP contribution < -0.4 is 5.19 Å². The van der Waals surface area contributed by atoms with E-state index >= 15 is 0 Å². The molecule has 0 aromatic heterocycles. The second-order valence-electron chi connectivity index (χ2n) is 3.55. The number of halogens is 6. The van der Waals surface area contributed by atoms with Gasteiger partial charge in [0.2, 0.25) is 0 Å². The molecule has 116 valence electrons. The second-order valence-corrected chi connectivity index (χ2v) is 9.91. The fourth-order valence-electron chi connectivity index (χ4n) is 1.10. The summed E-state index contributed by atoms with van der Waals surface area (Å²) >= 11 is 32.4. The van der Waals surface area contributed by atoms with Crippen LogP contribution in [-0.2, 0) is 18.4 Å². The standard InChI is InChI=1S/C10H6Cl6O4Si/c11-9(12,13)7(17)19-21(6-4-2-1-3-5-6)20-8(18)10(14,15)16/h1-5,21H. The maximum absolute atomic E-state index is 11.6. The van der Waals surface area contributed by atoms with Gasteiger partial charge in [-0.25, -0.2) is 9.59 Å². The predicted octanol–water partition coefficient (Wildman–Crippen LogP) is 2.94. The number of alkyl halides is 6. The van der Waals surface area contributed by atoms with Crippen LogP contribution in [0.5, 0.6) is 0 Å². The van der Waals surface area contributed by atoms with Gasteiger partial charge in [-0.3, -0.25) is 0 Å². The highest BCUT2D eigenvalue weighted by atomic mass is 35.6. The first-order chi connectivity index (χ1) is 9.51. The molecule has 0 atom stereocenters.